The molecule has 1 saturated carbocycles. The molecule has 0 nitrogen and oxygen atoms in total. The van der Waals surface area contributed by atoms with Gasteiger partial charge in [0.05, 0.1) is 0 Å². The Balaban J connectivity index is 0.000000640. The van der Waals surface area contributed by atoms with Gasteiger partial charge >= 0.3 is 29.6 Å². The molecule has 1 aliphatic rings. The van der Waals surface area contributed by atoms with Crippen LogP contribution in [0.4, 0.5) is 0 Å². The van der Waals surface area contributed by atoms with Crippen molar-refractivity contribution in [3.63, 3.8) is 0 Å². The molecule has 0 bridgehead atoms. The predicted molar refractivity (Wildman–Crippen MR) is 44.0 cm³/mol. The van der Waals surface area contributed by atoms with Gasteiger partial charge in [0.15, 0.2) is 0 Å². The van der Waals surface area contributed by atoms with Gasteiger partial charge in [-0.05, 0) is 5.92 Å². The Kier molecular flexibility index (Phi) is 6.40. The van der Waals surface area contributed by atoms with E-state index in [0.29, 0.717) is 0 Å². The fourth-order valence-electron chi connectivity index (χ4n) is 1.60. The standard InChI is InChI=1S/C8H16.Na.H/c1-2-8-6-4-3-5-7-8;;/h8H,2-7H2,1H3;;. The summed E-state index contributed by atoms with van der Waals surface area (Å²) in [7, 11) is 0. The van der Waals surface area contributed by atoms with Crippen LogP contribution in [0.2, 0.25) is 0 Å². The molecule has 1 aliphatic carbocycles. The van der Waals surface area contributed by atoms with E-state index in [0.717, 1.165) is 5.92 Å². The van der Waals surface area contributed by atoms with E-state index in [4.69, 9.17) is 0 Å². The molecule has 0 heterocycles. The summed E-state index contributed by atoms with van der Waals surface area (Å²) in [4.78, 5) is 0. The van der Waals surface area contributed by atoms with Crippen LogP contribution in [0.5, 0.6) is 0 Å². The molecule has 0 aromatic heterocycles. The molecule has 0 unspecified atom stereocenters. The first kappa shape index (κ1) is 10.0. The van der Waals surface area contributed by atoms with Crippen LogP contribution in [0.25, 0.3) is 0 Å². The van der Waals surface area contributed by atoms with Crippen LogP contribution in [0, 0.1) is 5.92 Å². The second-order valence-electron chi connectivity index (χ2n) is 2.91. The van der Waals surface area contributed by atoms with E-state index in [1.807, 2.05) is 0 Å². The van der Waals surface area contributed by atoms with Gasteiger partial charge < -0.3 is 0 Å². The Bertz CT molecular complexity index is 55.6. The van der Waals surface area contributed by atoms with Crippen molar-refractivity contribution < 1.29 is 0 Å². The Morgan fingerprint density at radius 3 is 2.00 bits per heavy atom. The molecule has 50 valence electrons. The predicted octanol–water partition coefficient (Wildman–Crippen LogP) is 2.33. The third-order valence-electron chi connectivity index (χ3n) is 2.30. The van der Waals surface area contributed by atoms with Crippen molar-refractivity contribution >= 4 is 29.6 Å². The summed E-state index contributed by atoms with van der Waals surface area (Å²) in [6, 6.07) is 0. The third kappa shape index (κ3) is 3.64. The second kappa shape index (κ2) is 5.76. The molecule has 0 aliphatic heterocycles. The fourth-order valence-corrected chi connectivity index (χ4v) is 1.60. The van der Waals surface area contributed by atoms with Gasteiger partial charge in [-0.2, -0.15) is 0 Å². The molecule has 1 rings (SSSR count). The number of hydrogen-bond donors (Lipinski definition) is 0. The van der Waals surface area contributed by atoms with Gasteiger partial charge in [-0.15, -0.1) is 0 Å². The SMILES string of the molecule is CCC1CCCCC1.[NaH]. The summed E-state index contributed by atoms with van der Waals surface area (Å²) >= 11 is 0. The number of rotatable bonds is 1. The topological polar surface area (TPSA) is 0 Å². The summed E-state index contributed by atoms with van der Waals surface area (Å²) in [5.74, 6) is 1.09. The molecule has 0 amide bonds. The molecule has 1 fully saturated rings. The first-order valence-corrected chi connectivity index (χ1v) is 3.93. The first-order chi connectivity index (χ1) is 3.93. The maximum absolute atomic E-state index is 2.32. The van der Waals surface area contributed by atoms with E-state index < -0.39 is 0 Å². The molecule has 0 saturated heterocycles. The summed E-state index contributed by atoms with van der Waals surface area (Å²) < 4.78 is 0. The van der Waals surface area contributed by atoms with E-state index in [1.165, 1.54) is 38.5 Å². The van der Waals surface area contributed by atoms with Crippen molar-refractivity contribution in [3.8, 4) is 0 Å². The molecule has 0 aromatic rings. The summed E-state index contributed by atoms with van der Waals surface area (Å²) in [5.41, 5.74) is 0. The van der Waals surface area contributed by atoms with Gasteiger partial charge in [-0.3, -0.25) is 0 Å². The van der Waals surface area contributed by atoms with Crippen molar-refractivity contribution in [2.24, 2.45) is 5.92 Å². The van der Waals surface area contributed by atoms with Crippen molar-refractivity contribution in [2.45, 2.75) is 45.4 Å². The Morgan fingerprint density at radius 1 is 1.11 bits per heavy atom. The molecule has 9 heavy (non-hydrogen) atoms. The van der Waals surface area contributed by atoms with Crippen LogP contribution >= 0.6 is 0 Å². The van der Waals surface area contributed by atoms with Gasteiger partial charge in [0.2, 0.25) is 0 Å². The van der Waals surface area contributed by atoms with Gasteiger partial charge in [0, 0.05) is 0 Å². The Hall–Kier alpha value is 1.00. The molecule has 0 radical (unpaired) electrons. The van der Waals surface area contributed by atoms with Crippen LogP contribution in [0.3, 0.4) is 0 Å². The first-order valence-electron chi connectivity index (χ1n) is 3.93. The molecule has 0 N–H and O–H groups in total. The minimum atomic E-state index is 0. The van der Waals surface area contributed by atoms with Crippen molar-refractivity contribution in [1.29, 1.82) is 0 Å². The monoisotopic (exact) mass is 136 g/mol. The van der Waals surface area contributed by atoms with Crippen molar-refractivity contribution in [2.75, 3.05) is 0 Å². The van der Waals surface area contributed by atoms with Crippen molar-refractivity contribution in [1.82, 2.24) is 0 Å². The molecule has 0 atom stereocenters. The van der Waals surface area contributed by atoms with E-state index >= 15 is 0 Å². The van der Waals surface area contributed by atoms with E-state index in [9.17, 15) is 0 Å². The van der Waals surface area contributed by atoms with E-state index in [1.54, 1.807) is 0 Å². The zero-order valence-electron chi connectivity index (χ0n) is 5.82. The molecular weight excluding hydrogens is 119 g/mol. The van der Waals surface area contributed by atoms with Gasteiger partial charge in [-0.25, -0.2) is 0 Å². The van der Waals surface area contributed by atoms with Gasteiger partial charge in [-0.1, -0.05) is 45.4 Å². The molecule has 1 heteroatoms. The quantitative estimate of drug-likeness (QED) is 0.485. The van der Waals surface area contributed by atoms with Crippen LogP contribution in [0.1, 0.15) is 45.4 Å². The third-order valence-corrected chi connectivity index (χ3v) is 2.30. The van der Waals surface area contributed by atoms with Gasteiger partial charge in [0.25, 0.3) is 0 Å². The summed E-state index contributed by atoms with van der Waals surface area (Å²) in [5, 5.41) is 0. The van der Waals surface area contributed by atoms with Crippen LogP contribution in [-0.4, -0.2) is 29.6 Å². The van der Waals surface area contributed by atoms with Crippen LogP contribution in [0.15, 0.2) is 0 Å². The summed E-state index contributed by atoms with van der Waals surface area (Å²) in [6.45, 7) is 2.32. The van der Waals surface area contributed by atoms with E-state index in [2.05, 4.69) is 6.92 Å². The van der Waals surface area contributed by atoms with Gasteiger partial charge in [0.1, 0.15) is 0 Å². The second-order valence-corrected chi connectivity index (χ2v) is 2.91. The maximum atomic E-state index is 2.32. The molecule has 0 aromatic carbocycles. The Labute approximate surface area is 80.7 Å². The van der Waals surface area contributed by atoms with Crippen LogP contribution in [-0.2, 0) is 0 Å². The Morgan fingerprint density at radius 2 is 1.67 bits per heavy atom. The zero-order valence-corrected chi connectivity index (χ0v) is 5.82. The fraction of sp³-hybridized carbons (Fsp3) is 1.00. The normalized spacial score (nSPS) is 21.0. The molecule has 0 spiro atoms. The minimum absolute atomic E-state index is 0. The van der Waals surface area contributed by atoms with Crippen molar-refractivity contribution in [3.05, 3.63) is 0 Å². The summed E-state index contributed by atoms with van der Waals surface area (Å²) in [6.07, 6.45) is 8.93. The molecular formula is C8H17Na. The van der Waals surface area contributed by atoms with Crippen LogP contribution < -0.4 is 0 Å². The number of hydrogen-bond acceptors (Lipinski definition) is 0. The van der Waals surface area contributed by atoms with E-state index in [-0.39, 0.29) is 29.6 Å². The average molecular weight is 136 g/mol. The zero-order chi connectivity index (χ0) is 5.82. The average Bonchev–Trinajstić information content (AvgIpc) is 1.90.